The van der Waals surface area contributed by atoms with Gasteiger partial charge in [-0.15, -0.1) is 11.3 Å². The molecular formula is C24H20N4O4S2. The molecule has 0 unspecified atom stereocenters. The number of aromatic nitrogens is 2. The number of thiophene rings is 1. The van der Waals surface area contributed by atoms with Gasteiger partial charge in [0.2, 0.25) is 5.91 Å². The van der Waals surface area contributed by atoms with Crippen LogP contribution in [-0.2, 0) is 17.6 Å². The van der Waals surface area contributed by atoms with E-state index in [1.807, 2.05) is 30.3 Å². The van der Waals surface area contributed by atoms with Crippen molar-refractivity contribution in [1.82, 2.24) is 9.55 Å². The zero-order chi connectivity index (χ0) is 23.7. The Morgan fingerprint density at radius 2 is 1.94 bits per heavy atom. The largest absolute Gasteiger partial charge is 0.325 e. The maximum absolute atomic E-state index is 13.7. The predicted octanol–water partition coefficient (Wildman–Crippen LogP) is 4.97. The van der Waals surface area contributed by atoms with Crippen molar-refractivity contribution in [2.45, 2.75) is 30.8 Å². The van der Waals surface area contributed by atoms with Crippen LogP contribution in [0, 0.1) is 10.1 Å². The number of anilines is 1. The Morgan fingerprint density at radius 3 is 2.74 bits per heavy atom. The molecule has 4 aromatic rings. The summed E-state index contributed by atoms with van der Waals surface area (Å²) in [4.78, 5) is 43.5. The van der Waals surface area contributed by atoms with Crippen molar-refractivity contribution < 1.29 is 9.72 Å². The second kappa shape index (κ2) is 9.40. The molecular weight excluding hydrogens is 472 g/mol. The first-order valence-corrected chi connectivity index (χ1v) is 12.6. The van der Waals surface area contributed by atoms with Crippen molar-refractivity contribution in [2.24, 2.45) is 0 Å². The van der Waals surface area contributed by atoms with E-state index in [1.54, 1.807) is 22.0 Å². The third kappa shape index (κ3) is 4.34. The summed E-state index contributed by atoms with van der Waals surface area (Å²) in [5, 5.41) is 14.8. The van der Waals surface area contributed by atoms with Crippen LogP contribution in [0.25, 0.3) is 15.9 Å². The summed E-state index contributed by atoms with van der Waals surface area (Å²) in [6.07, 6.45) is 4.04. The third-order valence-corrected chi connectivity index (χ3v) is 7.77. The predicted molar refractivity (Wildman–Crippen MR) is 134 cm³/mol. The highest BCUT2D eigenvalue weighted by Crippen LogP contribution is 2.35. The van der Waals surface area contributed by atoms with Crippen molar-refractivity contribution >= 4 is 50.6 Å². The molecule has 1 N–H and O–H groups in total. The number of fused-ring (bicyclic) bond motifs is 3. The number of carbonyl (C=O) groups is 1. The normalized spacial score (nSPS) is 12.9. The van der Waals surface area contributed by atoms with Gasteiger partial charge >= 0.3 is 0 Å². The second-order valence-electron chi connectivity index (χ2n) is 7.91. The van der Waals surface area contributed by atoms with E-state index in [9.17, 15) is 19.7 Å². The molecule has 0 bridgehead atoms. The fourth-order valence-corrected chi connectivity index (χ4v) is 6.23. The van der Waals surface area contributed by atoms with Gasteiger partial charge in [-0.1, -0.05) is 36.0 Å². The van der Waals surface area contributed by atoms with Crippen LogP contribution in [0.3, 0.4) is 0 Å². The highest BCUT2D eigenvalue weighted by Gasteiger charge is 2.23. The van der Waals surface area contributed by atoms with Crippen LogP contribution in [0.2, 0.25) is 0 Å². The van der Waals surface area contributed by atoms with Gasteiger partial charge in [-0.2, -0.15) is 0 Å². The highest BCUT2D eigenvalue weighted by atomic mass is 32.2. The number of aryl methyl sites for hydroxylation is 2. The number of nitrogens with zero attached hydrogens (tertiary/aromatic N) is 3. The van der Waals surface area contributed by atoms with E-state index in [2.05, 4.69) is 5.32 Å². The molecule has 2 aromatic carbocycles. The Balaban J connectivity index is 1.47. The Morgan fingerprint density at radius 1 is 1.15 bits per heavy atom. The second-order valence-corrected chi connectivity index (χ2v) is 9.93. The van der Waals surface area contributed by atoms with E-state index in [1.165, 1.54) is 34.8 Å². The number of amides is 1. The zero-order valence-electron chi connectivity index (χ0n) is 18.0. The van der Waals surface area contributed by atoms with Gasteiger partial charge in [0.05, 0.1) is 21.7 Å². The minimum absolute atomic E-state index is 0.00143. The number of nitrogens with one attached hydrogen (secondary N) is 1. The summed E-state index contributed by atoms with van der Waals surface area (Å²) in [7, 11) is 0. The standard InChI is InChI=1S/C24H20N4O4S2/c29-20(25-15-7-6-10-17(13-15)28(31)32)14-33-24-26-22-21(18-11-4-5-12-19(18)34-22)23(30)27(24)16-8-2-1-3-9-16/h1-3,6-10,13H,4-5,11-12,14H2,(H,25,29). The molecule has 0 saturated heterocycles. The van der Waals surface area contributed by atoms with Crippen molar-refractivity contribution in [1.29, 1.82) is 0 Å². The molecule has 1 aliphatic carbocycles. The molecule has 34 heavy (non-hydrogen) atoms. The maximum atomic E-state index is 13.7. The number of nitro groups is 1. The minimum atomic E-state index is -0.511. The molecule has 1 amide bonds. The SMILES string of the molecule is O=C(CSc1nc2sc3c(c2c(=O)n1-c1ccccc1)CCCC3)Nc1cccc([N+](=O)[O-])c1. The average Bonchev–Trinajstić information content (AvgIpc) is 3.22. The minimum Gasteiger partial charge on any atom is -0.325 e. The lowest BCUT2D eigenvalue weighted by atomic mass is 9.97. The smallest absolute Gasteiger partial charge is 0.271 e. The Labute approximate surface area is 202 Å². The zero-order valence-corrected chi connectivity index (χ0v) is 19.7. The van der Waals surface area contributed by atoms with E-state index < -0.39 is 4.92 Å². The van der Waals surface area contributed by atoms with Gasteiger partial charge in [0.1, 0.15) is 4.83 Å². The van der Waals surface area contributed by atoms with Gasteiger partial charge in [0, 0.05) is 22.7 Å². The highest BCUT2D eigenvalue weighted by molar-refractivity contribution is 7.99. The number of nitro benzene ring substituents is 1. The molecule has 0 atom stereocenters. The van der Waals surface area contributed by atoms with Crippen molar-refractivity contribution in [3.63, 3.8) is 0 Å². The molecule has 10 heteroatoms. The van der Waals surface area contributed by atoms with Gasteiger partial charge in [0.25, 0.3) is 11.2 Å². The van der Waals surface area contributed by atoms with Crippen LogP contribution < -0.4 is 10.9 Å². The van der Waals surface area contributed by atoms with Gasteiger partial charge < -0.3 is 5.32 Å². The summed E-state index contributed by atoms with van der Waals surface area (Å²) in [5.74, 6) is -0.344. The van der Waals surface area contributed by atoms with Crippen LogP contribution >= 0.6 is 23.1 Å². The molecule has 0 fully saturated rings. The molecule has 5 rings (SSSR count). The van der Waals surface area contributed by atoms with E-state index in [0.29, 0.717) is 26.7 Å². The fourth-order valence-electron chi connectivity index (χ4n) is 4.11. The van der Waals surface area contributed by atoms with Gasteiger partial charge in [-0.25, -0.2) is 4.98 Å². The van der Waals surface area contributed by atoms with Crippen LogP contribution in [0.1, 0.15) is 23.3 Å². The summed E-state index contributed by atoms with van der Waals surface area (Å²) in [6, 6.07) is 15.1. The number of para-hydroxylation sites is 1. The van der Waals surface area contributed by atoms with Crippen LogP contribution in [0.5, 0.6) is 0 Å². The molecule has 2 heterocycles. The van der Waals surface area contributed by atoms with Gasteiger partial charge in [-0.3, -0.25) is 24.3 Å². The summed E-state index contributed by atoms with van der Waals surface area (Å²) in [6.45, 7) is 0. The Hall–Kier alpha value is -3.50. The Kier molecular flexibility index (Phi) is 6.16. The number of non-ortho nitro benzene ring substituents is 1. The summed E-state index contributed by atoms with van der Waals surface area (Å²) in [5.41, 5.74) is 1.94. The van der Waals surface area contributed by atoms with Gasteiger partial charge in [0.15, 0.2) is 5.16 Å². The topological polar surface area (TPSA) is 107 Å². The molecule has 8 nitrogen and oxygen atoms in total. The molecule has 0 spiro atoms. The van der Waals surface area contributed by atoms with Crippen molar-refractivity contribution in [3.05, 3.63) is 85.5 Å². The van der Waals surface area contributed by atoms with E-state index in [4.69, 9.17) is 4.98 Å². The molecule has 172 valence electrons. The molecule has 0 radical (unpaired) electrons. The summed E-state index contributed by atoms with van der Waals surface area (Å²) >= 11 is 2.74. The number of thioether (sulfide) groups is 1. The fraction of sp³-hybridized carbons (Fsp3) is 0.208. The van der Waals surface area contributed by atoms with Crippen molar-refractivity contribution in [3.8, 4) is 5.69 Å². The number of hydrogen-bond acceptors (Lipinski definition) is 7. The van der Waals surface area contributed by atoms with E-state index in [-0.39, 0.29) is 22.9 Å². The number of benzene rings is 2. The lowest BCUT2D eigenvalue weighted by Crippen LogP contribution is -2.23. The third-order valence-electron chi connectivity index (χ3n) is 5.65. The molecule has 2 aromatic heterocycles. The van der Waals surface area contributed by atoms with Crippen LogP contribution in [0.4, 0.5) is 11.4 Å². The maximum Gasteiger partial charge on any atom is 0.271 e. The first-order valence-electron chi connectivity index (χ1n) is 10.8. The monoisotopic (exact) mass is 492 g/mol. The summed E-state index contributed by atoms with van der Waals surface area (Å²) < 4.78 is 1.58. The molecule has 0 aliphatic heterocycles. The lowest BCUT2D eigenvalue weighted by molar-refractivity contribution is -0.384. The van der Waals surface area contributed by atoms with Gasteiger partial charge in [-0.05, 0) is 49.4 Å². The van der Waals surface area contributed by atoms with Crippen LogP contribution in [-0.4, -0.2) is 26.1 Å². The first kappa shape index (κ1) is 22.3. The first-order chi connectivity index (χ1) is 16.5. The van der Waals surface area contributed by atoms with Crippen LogP contribution in [0.15, 0.2) is 64.5 Å². The quantitative estimate of drug-likeness (QED) is 0.176. The number of carbonyl (C=O) groups excluding carboxylic acids is 1. The molecule has 0 saturated carbocycles. The van der Waals surface area contributed by atoms with E-state index in [0.717, 1.165) is 31.2 Å². The van der Waals surface area contributed by atoms with Crippen molar-refractivity contribution in [2.75, 3.05) is 11.1 Å². The Bertz CT molecular complexity index is 1460. The number of hydrogen-bond donors (Lipinski definition) is 1. The lowest BCUT2D eigenvalue weighted by Gasteiger charge is -2.13. The molecule has 1 aliphatic rings. The average molecular weight is 493 g/mol. The van der Waals surface area contributed by atoms with E-state index >= 15 is 0 Å². The number of rotatable bonds is 6.